The first-order valence-electron chi connectivity index (χ1n) is 15.0. The van der Waals surface area contributed by atoms with Gasteiger partial charge in [0.2, 0.25) is 5.75 Å². The van der Waals surface area contributed by atoms with Gasteiger partial charge in [0.15, 0.2) is 34.5 Å². The molecule has 5 heterocycles. The Hall–Kier alpha value is -4.40. The summed E-state index contributed by atoms with van der Waals surface area (Å²) in [7, 11) is 9.14. The number of aromatic hydroxyl groups is 1. The van der Waals surface area contributed by atoms with E-state index in [9.17, 15) is 5.11 Å². The van der Waals surface area contributed by atoms with Gasteiger partial charge in [-0.05, 0) is 104 Å². The zero-order valence-corrected chi connectivity index (χ0v) is 25.8. The quantitative estimate of drug-likeness (QED) is 0.282. The van der Waals surface area contributed by atoms with Gasteiger partial charge < -0.3 is 28.8 Å². The molecule has 5 aliphatic rings. The number of nitrogens with zero attached hydrogens (tertiary/aromatic N) is 2. The van der Waals surface area contributed by atoms with Crippen molar-refractivity contribution in [2.45, 2.75) is 31.3 Å². The molecule has 44 heavy (non-hydrogen) atoms. The molecule has 9 rings (SSSR count). The smallest absolute Gasteiger partial charge is 0.201 e. The van der Waals surface area contributed by atoms with Gasteiger partial charge in [-0.25, -0.2) is 0 Å². The number of hydrogen-bond acceptors (Lipinski definition) is 8. The highest BCUT2D eigenvalue weighted by molar-refractivity contribution is 5.64. The summed E-state index contributed by atoms with van der Waals surface area (Å²) in [5, 5.41) is 11.6. The summed E-state index contributed by atoms with van der Waals surface area (Å²) in [6.45, 7) is 1.73. The van der Waals surface area contributed by atoms with Crippen LogP contribution in [-0.4, -0.2) is 63.4 Å². The van der Waals surface area contributed by atoms with Crippen molar-refractivity contribution < 1.29 is 28.8 Å². The monoisotopic (exact) mass is 594 g/mol. The van der Waals surface area contributed by atoms with Gasteiger partial charge in [-0.2, -0.15) is 0 Å². The first-order chi connectivity index (χ1) is 21.4. The number of benzene rings is 4. The number of fused-ring (bicyclic) bond motifs is 1. The van der Waals surface area contributed by atoms with E-state index < -0.39 is 0 Å². The fourth-order valence-corrected chi connectivity index (χ4v) is 6.96. The Morgan fingerprint density at radius 1 is 0.727 bits per heavy atom. The number of rotatable bonds is 3. The summed E-state index contributed by atoms with van der Waals surface area (Å²) >= 11 is 0. The molecule has 4 aromatic rings. The average molecular weight is 595 g/mol. The molecule has 0 saturated carbocycles. The van der Waals surface area contributed by atoms with E-state index >= 15 is 0 Å². The van der Waals surface area contributed by atoms with Crippen LogP contribution in [0, 0.1) is 0 Å². The summed E-state index contributed by atoms with van der Waals surface area (Å²) in [4.78, 5) is 4.66. The van der Waals surface area contributed by atoms with Crippen LogP contribution in [0.3, 0.4) is 0 Å². The number of ether oxygens (including phenoxy) is 5. The molecule has 0 fully saturated rings. The number of likely N-dealkylation sites (N-methyl/N-ethyl adjacent to an activating group) is 2. The Labute approximate surface area is 258 Å². The minimum Gasteiger partial charge on any atom is -0.502 e. The Morgan fingerprint density at radius 2 is 1.43 bits per heavy atom. The van der Waals surface area contributed by atoms with Crippen LogP contribution >= 0.6 is 0 Å². The van der Waals surface area contributed by atoms with E-state index in [0.717, 1.165) is 54.8 Å². The number of phenols is 1. The van der Waals surface area contributed by atoms with E-state index in [1.54, 1.807) is 21.3 Å². The van der Waals surface area contributed by atoms with Crippen molar-refractivity contribution in [1.82, 2.24) is 9.80 Å². The van der Waals surface area contributed by atoms with Gasteiger partial charge in [-0.1, -0.05) is 18.2 Å². The van der Waals surface area contributed by atoms with Crippen LogP contribution in [0.15, 0.2) is 60.7 Å². The minimum atomic E-state index is -0.235. The molecule has 4 aromatic carbocycles. The number of phenolic OH excluding ortho intramolecular Hbond substituents is 1. The van der Waals surface area contributed by atoms with Crippen LogP contribution < -0.4 is 23.7 Å². The molecular weight excluding hydrogens is 556 g/mol. The van der Waals surface area contributed by atoms with Crippen molar-refractivity contribution >= 4 is 0 Å². The Bertz CT molecular complexity index is 1720. The highest BCUT2D eigenvalue weighted by atomic mass is 16.5. The normalized spacial score (nSPS) is 19.3. The summed E-state index contributed by atoms with van der Waals surface area (Å²) in [6.07, 6.45) is 2.50. The molecule has 0 aromatic heterocycles. The predicted molar refractivity (Wildman–Crippen MR) is 168 cm³/mol. The maximum absolute atomic E-state index is 11.6. The van der Waals surface area contributed by atoms with Crippen molar-refractivity contribution in [1.29, 1.82) is 0 Å². The van der Waals surface area contributed by atoms with Gasteiger partial charge in [-0.15, -0.1) is 0 Å². The lowest BCUT2D eigenvalue weighted by Crippen LogP contribution is -2.33. The minimum absolute atomic E-state index is 0.0390. The molecule has 228 valence electrons. The fourth-order valence-electron chi connectivity index (χ4n) is 6.96. The van der Waals surface area contributed by atoms with E-state index in [4.69, 9.17) is 23.7 Å². The highest BCUT2D eigenvalue weighted by Gasteiger charge is 2.35. The molecule has 8 nitrogen and oxygen atoms in total. The molecule has 0 spiro atoms. The van der Waals surface area contributed by atoms with Gasteiger partial charge in [0.25, 0.3) is 0 Å². The zero-order chi connectivity index (χ0) is 30.5. The zero-order valence-electron chi connectivity index (χ0n) is 25.8. The third-order valence-corrected chi connectivity index (χ3v) is 9.36. The predicted octanol–water partition coefficient (Wildman–Crippen LogP) is 6.67. The van der Waals surface area contributed by atoms with Crippen LogP contribution in [0.25, 0.3) is 0 Å². The molecule has 0 unspecified atom stereocenters. The fraction of sp³-hybridized carbons (Fsp3) is 0.333. The van der Waals surface area contributed by atoms with E-state index in [1.165, 1.54) is 16.7 Å². The van der Waals surface area contributed by atoms with E-state index in [0.29, 0.717) is 34.5 Å². The van der Waals surface area contributed by atoms with Crippen LogP contribution in [0.5, 0.6) is 46.0 Å². The van der Waals surface area contributed by atoms with Crippen LogP contribution in [0.4, 0.5) is 0 Å². The van der Waals surface area contributed by atoms with Gasteiger partial charge in [0, 0.05) is 24.7 Å². The Kier molecular flexibility index (Phi) is 7.26. The van der Waals surface area contributed by atoms with Crippen LogP contribution in [-0.2, 0) is 19.3 Å². The maximum Gasteiger partial charge on any atom is 0.201 e. The summed E-state index contributed by atoms with van der Waals surface area (Å²) < 4.78 is 30.5. The third-order valence-electron chi connectivity index (χ3n) is 9.36. The molecule has 0 radical (unpaired) electrons. The molecule has 8 bridgehead atoms. The van der Waals surface area contributed by atoms with Crippen molar-refractivity contribution in [3.63, 3.8) is 0 Å². The summed E-state index contributed by atoms with van der Waals surface area (Å²) in [6, 6.07) is 20.4. The second-order valence-corrected chi connectivity index (χ2v) is 11.9. The van der Waals surface area contributed by atoms with Gasteiger partial charge in [0.1, 0.15) is 5.75 Å². The van der Waals surface area contributed by atoms with Gasteiger partial charge >= 0.3 is 0 Å². The van der Waals surface area contributed by atoms with Crippen molar-refractivity contribution in [2.24, 2.45) is 0 Å². The average Bonchev–Trinajstić information content (AvgIpc) is 3.04. The van der Waals surface area contributed by atoms with Crippen LogP contribution in [0.1, 0.15) is 45.5 Å². The topological polar surface area (TPSA) is 72.9 Å². The lowest BCUT2D eigenvalue weighted by molar-refractivity contribution is 0.228. The van der Waals surface area contributed by atoms with Crippen molar-refractivity contribution in [3.05, 3.63) is 94.0 Å². The maximum atomic E-state index is 11.6. The van der Waals surface area contributed by atoms with E-state index in [1.807, 2.05) is 36.4 Å². The van der Waals surface area contributed by atoms with Crippen molar-refractivity contribution in [2.75, 3.05) is 48.5 Å². The number of hydrogen-bond donors (Lipinski definition) is 1. The standard InChI is InChI=1S/C36H38N2O6/c1-37-14-12-22-17-31-29(41-4)20-26(22)27(37)16-21-6-9-25(10-7-21)43-30-19-24(8-11-28(30)40-3)34-33-23(13-15-38(34)2)18-32(42-5)35(39)36(33)44-31/h6-11,17-20,27,34,39H,12-16H2,1-5H3/t27-,34-/m0/s1. The van der Waals surface area contributed by atoms with Crippen molar-refractivity contribution in [3.8, 4) is 46.0 Å². The molecular formula is C36H38N2O6. The first-order valence-corrected chi connectivity index (χ1v) is 15.0. The summed E-state index contributed by atoms with van der Waals surface area (Å²) in [5.41, 5.74) is 6.58. The molecule has 0 aliphatic carbocycles. The molecule has 1 N–H and O–H groups in total. The number of methoxy groups -OCH3 is 3. The molecule has 0 saturated heterocycles. The second kappa shape index (κ2) is 11.3. The van der Waals surface area contributed by atoms with Gasteiger partial charge in [-0.3, -0.25) is 9.80 Å². The molecule has 0 amide bonds. The molecule has 5 aliphatic heterocycles. The lowest BCUT2D eigenvalue weighted by atomic mass is 9.86. The third kappa shape index (κ3) is 4.78. The van der Waals surface area contributed by atoms with Gasteiger partial charge in [0.05, 0.1) is 27.4 Å². The molecule has 2 atom stereocenters. The second-order valence-electron chi connectivity index (χ2n) is 11.9. The Morgan fingerprint density at radius 3 is 2.18 bits per heavy atom. The highest BCUT2D eigenvalue weighted by Crippen LogP contribution is 2.52. The first kappa shape index (κ1) is 28.4. The van der Waals surface area contributed by atoms with E-state index in [-0.39, 0.29) is 17.8 Å². The molecule has 8 heteroatoms. The largest absolute Gasteiger partial charge is 0.502 e. The SMILES string of the molecule is COc1ccc2cc1Oc1ccc(cc1)C[C@H]1c3cc(OC)c(cc3CCN1C)Oc1c(O)c(OC)cc3c1[C@H]2N(C)CC3. The van der Waals surface area contributed by atoms with Crippen LogP contribution in [0.2, 0.25) is 0 Å². The Balaban J connectivity index is 1.50. The lowest BCUT2D eigenvalue weighted by Gasteiger charge is -2.37. The summed E-state index contributed by atoms with van der Waals surface area (Å²) in [5.74, 6) is 3.89. The van der Waals surface area contributed by atoms with E-state index in [2.05, 4.69) is 48.2 Å².